The number of hydrogen-bond donors (Lipinski definition) is 0. The SMILES string of the molecule is [CH2]C(C)CCC[S]. The van der Waals surface area contributed by atoms with E-state index in [4.69, 9.17) is 12.6 Å². The molecule has 0 bridgehead atoms. The molecule has 0 aliphatic rings. The van der Waals surface area contributed by atoms with Crippen molar-refractivity contribution < 1.29 is 0 Å². The quantitative estimate of drug-likeness (QED) is 0.531. The van der Waals surface area contributed by atoms with Crippen LogP contribution in [0, 0.1) is 12.8 Å². The summed E-state index contributed by atoms with van der Waals surface area (Å²) in [4.78, 5) is 0. The lowest BCUT2D eigenvalue weighted by Crippen LogP contribution is -1.86. The first-order valence-corrected chi connectivity index (χ1v) is 3.26. The van der Waals surface area contributed by atoms with E-state index in [0.29, 0.717) is 5.92 Å². The predicted octanol–water partition coefficient (Wildman–Crippen LogP) is 2.43. The van der Waals surface area contributed by atoms with Gasteiger partial charge in [-0.3, -0.25) is 0 Å². The van der Waals surface area contributed by atoms with E-state index < -0.39 is 0 Å². The Kier molecular flexibility index (Phi) is 4.73. The molecule has 0 aromatic heterocycles. The van der Waals surface area contributed by atoms with E-state index in [-0.39, 0.29) is 0 Å². The molecule has 1 unspecified atom stereocenters. The molecular formula is C6H12S. The van der Waals surface area contributed by atoms with Crippen LogP contribution < -0.4 is 0 Å². The molecule has 1 heteroatoms. The molecule has 0 aliphatic heterocycles. The largest absolute Gasteiger partial charge is 0.0942 e. The molecule has 0 aromatic rings. The minimum absolute atomic E-state index is 0.586. The Hall–Kier alpha value is 0.350. The van der Waals surface area contributed by atoms with E-state index in [2.05, 4.69) is 13.8 Å². The summed E-state index contributed by atoms with van der Waals surface area (Å²) in [6, 6.07) is 0. The van der Waals surface area contributed by atoms with Gasteiger partial charge in [0.2, 0.25) is 0 Å². The van der Waals surface area contributed by atoms with Gasteiger partial charge in [0.05, 0.1) is 0 Å². The van der Waals surface area contributed by atoms with Crippen molar-refractivity contribution in [1.29, 1.82) is 0 Å². The number of hydrogen-bond acceptors (Lipinski definition) is 0. The Morgan fingerprint density at radius 3 is 2.43 bits per heavy atom. The highest BCUT2D eigenvalue weighted by Crippen LogP contribution is 2.02. The maximum Gasteiger partial charge on any atom is 0.00370 e. The standard InChI is InChI=1S/C6H12S/c1-6(2)4-3-5-7/h6H,1,3-5H2,2H3. The van der Waals surface area contributed by atoms with E-state index in [0.717, 1.165) is 12.2 Å². The van der Waals surface area contributed by atoms with Crippen LogP contribution in [0.5, 0.6) is 0 Å². The summed E-state index contributed by atoms with van der Waals surface area (Å²) < 4.78 is 0. The lowest BCUT2D eigenvalue weighted by molar-refractivity contribution is 0.635. The van der Waals surface area contributed by atoms with Gasteiger partial charge in [-0.05, 0) is 18.8 Å². The average Bonchev–Trinajstić information content (AvgIpc) is 1.61. The summed E-state index contributed by atoms with van der Waals surface area (Å²) in [5, 5.41) is 0. The van der Waals surface area contributed by atoms with Crippen LogP contribution in [0.25, 0.3) is 0 Å². The highest BCUT2D eigenvalue weighted by Gasteiger charge is 1.89. The molecular weight excluding hydrogens is 104 g/mol. The van der Waals surface area contributed by atoms with Gasteiger partial charge < -0.3 is 0 Å². The summed E-state index contributed by atoms with van der Waals surface area (Å²) in [7, 11) is 0. The van der Waals surface area contributed by atoms with Crippen molar-refractivity contribution >= 4 is 12.6 Å². The van der Waals surface area contributed by atoms with Gasteiger partial charge in [0, 0.05) is 5.75 Å². The van der Waals surface area contributed by atoms with Crippen LogP contribution in [0.4, 0.5) is 0 Å². The maximum atomic E-state index is 4.74. The number of rotatable bonds is 3. The summed E-state index contributed by atoms with van der Waals surface area (Å²) in [6.07, 6.45) is 2.34. The first kappa shape index (κ1) is 7.35. The third-order valence-electron chi connectivity index (χ3n) is 0.841. The van der Waals surface area contributed by atoms with Gasteiger partial charge in [0.15, 0.2) is 0 Å². The van der Waals surface area contributed by atoms with Crippen LogP contribution in [-0.4, -0.2) is 5.75 Å². The van der Waals surface area contributed by atoms with Crippen molar-refractivity contribution in [3.05, 3.63) is 6.92 Å². The molecule has 42 valence electrons. The van der Waals surface area contributed by atoms with Crippen LogP contribution in [-0.2, 0) is 0 Å². The van der Waals surface area contributed by atoms with Gasteiger partial charge in [0.1, 0.15) is 0 Å². The Morgan fingerprint density at radius 1 is 1.71 bits per heavy atom. The molecule has 0 spiro atoms. The fourth-order valence-electron chi connectivity index (χ4n) is 0.432. The predicted molar refractivity (Wildman–Crippen MR) is 36.2 cm³/mol. The Bertz CT molecular complexity index is 33.2. The molecule has 0 fully saturated rings. The van der Waals surface area contributed by atoms with Crippen molar-refractivity contribution in [3.8, 4) is 0 Å². The molecule has 0 amide bonds. The zero-order valence-corrected chi connectivity index (χ0v) is 5.63. The molecule has 0 aromatic carbocycles. The van der Waals surface area contributed by atoms with Gasteiger partial charge in [-0.2, -0.15) is 0 Å². The van der Waals surface area contributed by atoms with Crippen LogP contribution in [0.3, 0.4) is 0 Å². The molecule has 0 N–H and O–H groups in total. The van der Waals surface area contributed by atoms with Crippen molar-refractivity contribution in [2.24, 2.45) is 5.92 Å². The van der Waals surface area contributed by atoms with Crippen molar-refractivity contribution in [3.63, 3.8) is 0 Å². The summed E-state index contributed by atoms with van der Waals surface area (Å²) in [5.41, 5.74) is 0. The summed E-state index contributed by atoms with van der Waals surface area (Å²) >= 11 is 4.74. The van der Waals surface area contributed by atoms with Crippen molar-refractivity contribution in [1.82, 2.24) is 0 Å². The van der Waals surface area contributed by atoms with Gasteiger partial charge in [0.25, 0.3) is 0 Å². The van der Waals surface area contributed by atoms with Gasteiger partial charge in [-0.15, -0.1) is 0 Å². The zero-order valence-electron chi connectivity index (χ0n) is 4.81. The maximum absolute atomic E-state index is 4.74. The highest BCUT2D eigenvalue weighted by atomic mass is 32.1. The first-order valence-electron chi connectivity index (χ1n) is 2.68. The van der Waals surface area contributed by atoms with E-state index in [1.807, 2.05) is 0 Å². The molecule has 0 saturated heterocycles. The summed E-state index contributed by atoms with van der Waals surface area (Å²) in [6.45, 7) is 5.95. The lowest BCUT2D eigenvalue weighted by atomic mass is 10.1. The second-order valence-corrected chi connectivity index (χ2v) is 2.36. The van der Waals surface area contributed by atoms with Crippen molar-refractivity contribution in [2.45, 2.75) is 19.8 Å². The molecule has 0 nitrogen and oxygen atoms in total. The second kappa shape index (κ2) is 4.51. The third-order valence-corrected chi connectivity index (χ3v) is 1.13. The van der Waals surface area contributed by atoms with E-state index in [9.17, 15) is 0 Å². The lowest BCUT2D eigenvalue weighted by Gasteiger charge is -1.98. The fraction of sp³-hybridized carbons (Fsp3) is 0.833. The highest BCUT2D eigenvalue weighted by molar-refractivity contribution is 7.80. The van der Waals surface area contributed by atoms with E-state index in [1.165, 1.54) is 6.42 Å². The van der Waals surface area contributed by atoms with Gasteiger partial charge in [-0.25, -0.2) is 0 Å². The van der Waals surface area contributed by atoms with Crippen LogP contribution in [0.1, 0.15) is 19.8 Å². The smallest absolute Gasteiger partial charge is 0.00370 e. The van der Waals surface area contributed by atoms with Crippen LogP contribution in [0.15, 0.2) is 0 Å². The van der Waals surface area contributed by atoms with Crippen LogP contribution in [0.2, 0.25) is 0 Å². The van der Waals surface area contributed by atoms with Gasteiger partial charge >= 0.3 is 0 Å². The monoisotopic (exact) mass is 116 g/mol. The molecule has 0 rings (SSSR count). The minimum atomic E-state index is 0.586. The minimum Gasteiger partial charge on any atom is -0.0942 e. The van der Waals surface area contributed by atoms with Crippen LogP contribution >= 0.6 is 12.6 Å². The normalized spacial score (nSPS) is 10.3. The Morgan fingerprint density at radius 2 is 2.29 bits per heavy atom. The van der Waals surface area contributed by atoms with E-state index in [1.54, 1.807) is 0 Å². The second-order valence-electron chi connectivity index (χ2n) is 1.95. The Labute approximate surface area is 51.7 Å². The van der Waals surface area contributed by atoms with Crippen molar-refractivity contribution in [2.75, 3.05) is 5.75 Å². The topological polar surface area (TPSA) is 0 Å². The first-order chi connectivity index (χ1) is 3.27. The molecule has 0 aliphatic carbocycles. The van der Waals surface area contributed by atoms with E-state index >= 15 is 0 Å². The fourth-order valence-corrected chi connectivity index (χ4v) is 0.598. The zero-order chi connectivity index (χ0) is 5.70. The molecule has 0 heterocycles. The molecule has 2 radical (unpaired) electrons. The molecule has 0 saturated carbocycles. The van der Waals surface area contributed by atoms with Gasteiger partial charge in [-0.1, -0.05) is 26.5 Å². The third kappa shape index (κ3) is 6.35. The average molecular weight is 116 g/mol. The molecule has 1 atom stereocenters. The Balaban J connectivity index is 2.68. The summed E-state index contributed by atoms with van der Waals surface area (Å²) in [5.74, 6) is 1.47. The molecule has 7 heavy (non-hydrogen) atoms.